The van der Waals surface area contributed by atoms with E-state index < -0.39 is 8.25 Å². The van der Waals surface area contributed by atoms with Gasteiger partial charge in [-0.15, -0.1) is 9.79 Å². The van der Waals surface area contributed by atoms with Gasteiger partial charge in [-0.2, -0.15) is 0 Å². The van der Waals surface area contributed by atoms with E-state index in [1.807, 2.05) is 29.9 Å². The topological polar surface area (TPSA) is 74.1 Å². The lowest BCUT2D eigenvalue weighted by atomic mass is 10.6. The van der Waals surface area contributed by atoms with Crippen molar-refractivity contribution in [3.63, 3.8) is 0 Å². The van der Waals surface area contributed by atoms with Crippen LogP contribution in [-0.2, 0) is 4.57 Å². The molecule has 0 aromatic heterocycles. The number of halogens is 1. The lowest BCUT2D eigenvalue weighted by molar-refractivity contribution is -0.510. The van der Waals surface area contributed by atoms with Crippen LogP contribution in [0.1, 0.15) is 0 Å². The predicted molar refractivity (Wildman–Crippen MR) is 32.2 cm³/mol. The fourth-order valence-electron chi connectivity index (χ4n) is 0.321. The highest BCUT2D eigenvalue weighted by Gasteiger charge is 1.93. The van der Waals surface area contributed by atoms with E-state index in [1.54, 1.807) is 0 Å². The van der Waals surface area contributed by atoms with Gasteiger partial charge in [-0.25, -0.2) is 0 Å². The molecule has 0 aromatic carbocycles. The molecule has 0 radical (unpaired) electrons. The van der Waals surface area contributed by atoms with Gasteiger partial charge in [0.2, 0.25) is 0 Å². The zero-order chi connectivity index (χ0) is 7.11. The van der Waals surface area contributed by atoms with E-state index >= 15 is 0 Å². The van der Waals surface area contributed by atoms with Gasteiger partial charge in [-0.1, -0.05) is 0 Å². The quantitative estimate of drug-likeness (QED) is 0.339. The zero-order valence-electron chi connectivity index (χ0n) is 5.01. The van der Waals surface area contributed by atoms with E-state index in [2.05, 4.69) is 0 Å². The molecule has 0 saturated carbocycles. The van der Waals surface area contributed by atoms with Gasteiger partial charge in [-0.05, 0) is 12.2 Å². The maximum Gasteiger partial charge on any atom is 0.692 e. The number of allylic oxidation sites excluding steroid dienone is 2. The average molecular weight is 185 g/mol. The van der Waals surface area contributed by atoms with E-state index in [0.717, 1.165) is 0 Å². The number of nitrogens with two attached hydrogens (primary N) is 1. The molecule has 10 heavy (non-hydrogen) atoms. The van der Waals surface area contributed by atoms with E-state index in [0.29, 0.717) is 0 Å². The molecule has 1 heterocycles. The van der Waals surface area contributed by atoms with Crippen LogP contribution >= 0.6 is 8.25 Å². The van der Waals surface area contributed by atoms with Crippen molar-refractivity contribution >= 4 is 8.25 Å². The SMILES string of the molecule is C1=C[NH2+]C=C1.O=[P+](O)O.[Cl-]. The van der Waals surface area contributed by atoms with Crippen LogP contribution in [0, 0.1) is 0 Å². The summed E-state index contributed by atoms with van der Waals surface area (Å²) in [6.45, 7) is 0. The van der Waals surface area contributed by atoms with Gasteiger partial charge < -0.3 is 12.4 Å². The zero-order valence-corrected chi connectivity index (χ0v) is 6.66. The van der Waals surface area contributed by atoms with Crippen molar-refractivity contribution in [2.45, 2.75) is 0 Å². The molecule has 0 bridgehead atoms. The molecule has 0 fully saturated rings. The summed E-state index contributed by atoms with van der Waals surface area (Å²) in [4.78, 5) is 14.2. The van der Waals surface area contributed by atoms with E-state index in [-0.39, 0.29) is 12.4 Å². The van der Waals surface area contributed by atoms with Gasteiger partial charge in [-0.3, -0.25) is 5.32 Å². The van der Waals surface area contributed by atoms with Crippen LogP contribution in [0.4, 0.5) is 0 Å². The van der Waals surface area contributed by atoms with Gasteiger partial charge >= 0.3 is 8.25 Å². The lowest BCUT2D eigenvalue weighted by Crippen LogP contribution is -3.00. The van der Waals surface area contributed by atoms with Crippen LogP contribution in [0.15, 0.2) is 24.6 Å². The lowest BCUT2D eigenvalue weighted by Gasteiger charge is -1.61. The molecule has 1 rings (SSSR count). The molecule has 0 aliphatic carbocycles. The molecule has 0 spiro atoms. The summed E-state index contributed by atoms with van der Waals surface area (Å²) >= 11 is 0. The molecule has 0 aromatic rings. The summed E-state index contributed by atoms with van der Waals surface area (Å²) in [7, 11) is -2.87. The predicted octanol–water partition coefficient (Wildman–Crippen LogP) is -3.78. The van der Waals surface area contributed by atoms with Crippen molar-refractivity contribution in [2.75, 3.05) is 0 Å². The van der Waals surface area contributed by atoms with Crippen LogP contribution < -0.4 is 17.7 Å². The van der Waals surface area contributed by atoms with Gasteiger partial charge in [0.1, 0.15) is 0 Å². The Morgan fingerprint density at radius 3 is 1.60 bits per heavy atom. The van der Waals surface area contributed by atoms with Crippen molar-refractivity contribution in [3.8, 4) is 0 Å². The summed E-state index contributed by atoms with van der Waals surface area (Å²) in [6.07, 6.45) is 8.00. The molecule has 4 nitrogen and oxygen atoms in total. The Balaban J connectivity index is 0. The summed E-state index contributed by atoms with van der Waals surface area (Å²) in [6, 6.07) is 0. The fraction of sp³-hybridized carbons (Fsp3) is 0. The highest BCUT2D eigenvalue weighted by Crippen LogP contribution is 1.98. The Bertz CT molecular complexity index is 133. The minimum Gasteiger partial charge on any atom is -1.00 e. The summed E-state index contributed by atoms with van der Waals surface area (Å²) < 4.78 is 8.70. The fourth-order valence-corrected chi connectivity index (χ4v) is 0.321. The van der Waals surface area contributed by atoms with E-state index in [1.165, 1.54) is 0 Å². The van der Waals surface area contributed by atoms with Crippen molar-refractivity contribution in [1.29, 1.82) is 0 Å². The molecule has 4 N–H and O–H groups in total. The Morgan fingerprint density at radius 1 is 1.20 bits per heavy atom. The van der Waals surface area contributed by atoms with Crippen molar-refractivity contribution in [2.24, 2.45) is 0 Å². The van der Waals surface area contributed by atoms with Crippen LogP contribution in [0.3, 0.4) is 0 Å². The van der Waals surface area contributed by atoms with Crippen LogP contribution in [0.5, 0.6) is 0 Å². The molecule has 1 aliphatic rings. The van der Waals surface area contributed by atoms with Gasteiger partial charge in [0.05, 0.1) is 12.4 Å². The summed E-state index contributed by atoms with van der Waals surface area (Å²) in [5.74, 6) is 0. The third kappa shape index (κ3) is 15.7. The molecule has 1 aliphatic heterocycles. The molecule has 58 valence electrons. The smallest absolute Gasteiger partial charge is 0.692 e. The van der Waals surface area contributed by atoms with Crippen molar-refractivity contribution < 1.29 is 32.1 Å². The Kier molecular flexibility index (Phi) is 10.9. The maximum absolute atomic E-state index is 8.70. The highest BCUT2D eigenvalue weighted by molar-refractivity contribution is 7.30. The highest BCUT2D eigenvalue weighted by atomic mass is 35.5. The second-order valence-corrected chi connectivity index (χ2v) is 1.72. The average Bonchev–Trinajstić information content (AvgIpc) is 2.11. The van der Waals surface area contributed by atoms with Gasteiger partial charge in [0.25, 0.3) is 0 Å². The Labute approximate surface area is 65.6 Å². The molecule has 0 atom stereocenters. The minimum atomic E-state index is -2.87. The largest absolute Gasteiger partial charge is 1.00 e. The van der Waals surface area contributed by atoms with Gasteiger partial charge in [0.15, 0.2) is 0 Å². The van der Waals surface area contributed by atoms with Crippen LogP contribution in [-0.4, -0.2) is 9.79 Å². The first-order valence-corrected chi connectivity index (χ1v) is 3.41. The van der Waals surface area contributed by atoms with Crippen molar-refractivity contribution in [3.05, 3.63) is 24.6 Å². The van der Waals surface area contributed by atoms with E-state index in [4.69, 9.17) is 14.4 Å². The number of hydrogen-bond acceptors (Lipinski definition) is 1. The summed E-state index contributed by atoms with van der Waals surface area (Å²) in [5, 5.41) is 2.00. The standard InChI is InChI=1S/C4H5N.ClH.HO3P/c1-2-4-5-3-1;;1-4(2)3/h1-5H;1H;(H-,1,2,3)/p+1. The second-order valence-electron chi connectivity index (χ2n) is 1.21. The minimum absolute atomic E-state index is 0. The first kappa shape index (κ1) is 12.4. The number of rotatable bonds is 0. The van der Waals surface area contributed by atoms with Crippen molar-refractivity contribution in [1.82, 2.24) is 0 Å². The second kappa shape index (κ2) is 8.75. The molecule has 6 heteroatoms. The third-order valence-corrected chi connectivity index (χ3v) is 0.556. The Morgan fingerprint density at radius 2 is 1.50 bits per heavy atom. The van der Waals surface area contributed by atoms with Crippen LogP contribution in [0.2, 0.25) is 0 Å². The number of quaternary nitrogens is 1. The summed E-state index contributed by atoms with van der Waals surface area (Å²) in [5.41, 5.74) is 0. The first-order chi connectivity index (χ1) is 4.23. The molecule has 0 saturated heterocycles. The monoisotopic (exact) mass is 184 g/mol. The van der Waals surface area contributed by atoms with E-state index in [9.17, 15) is 0 Å². The third-order valence-electron chi connectivity index (χ3n) is 0.556. The molecule has 0 amide bonds. The molecular formula is C4H8ClNO3P+. The Hall–Kier alpha value is -0.250. The first-order valence-electron chi connectivity index (χ1n) is 2.25. The molecular weight excluding hydrogens is 176 g/mol. The van der Waals surface area contributed by atoms with Gasteiger partial charge in [0, 0.05) is 4.57 Å². The maximum atomic E-state index is 8.70. The number of hydrogen-bond donors (Lipinski definition) is 3. The normalized spacial score (nSPS) is 11.4. The van der Waals surface area contributed by atoms with Crippen LogP contribution in [0.25, 0.3) is 0 Å². The molecule has 0 unspecified atom stereocenters.